The van der Waals surface area contributed by atoms with Crippen molar-refractivity contribution in [1.82, 2.24) is 10.2 Å². The van der Waals surface area contributed by atoms with E-state index in [0.717, 1.165) is 32.5 Å². The fourth-order valence-corrected chi connectivity index (χ4v) is 3.91. The number of piperidine rings is 1. The van der Waals surface area contributed by atoms with Crippen LogP contribution in [0.2, 0.25) is 5.02 Å². The molecule has 2 aromatic carbocycles. The standard InChI is InChI=1S/C22H27ClN2O3/c1-15-5-4-6-16(11-15)14-25-9-7-18(8-10-25)24-22(26)17-12-19(23)21(28-3)20(13-17)27-2/h4-6,11-13,18H,7-10,14H2,1-3H3,(H,24,26). The number of hydrogen-bond acceptors (Lipinski definition) is 4. The third kappa shape index (κ3) is 4.97. The van der Waals surface area contributed by atoms with Gasteiger partial charge in [-0.3, -0.25) is 9.69 Å². The Morgan fingerprint density at radius 3 is 2.57 bits per heavy atom. The molecule has 0 saturated carbocycles. The Labute approximate surface area is 171 Å². The minimum atomic E-state index is -0.139. The summed E-state index contributed by atoms with van der Waals surface area (Å²) in [6.07, 6.45) is 1.86. The summed E-state index contributed by atoms with van der Waals surface area (Å²) in [7, 11) is 3.05. The molecule has 28 heavy (non-hydrogen) atoms. The molecule has 0 unspecified atom stereocenters. The lowest BCUT2D eigenvalue weighted by Crippen LogP contribution is -2.44. The Balaban J connectivity index is 1.56. The highest BCUT2D eigenvalue weighted by Crippen LogP contribution is 2.36. The van der Waals surface area contributed by atoms with E-state index in [1.54, 1.807) is 12.1 Å². The summed E-state index contributed by atoms with van der Waals surface area (Å²) in [5.74, 6) is 0.748. The van der Waals surface area contributed by atoms with Crippen LogP contribution in [0.4, 0.5) is 0 Å². The van der Waals surface area contributed by atoms with Crippen molar-refractivity contribution in [1.29, 1.82) is 0 Å². The van der Waals surface area contributed by atoms with Gasteiger partial charge in [0.25, 0.3) is 5.91 Å². The Kier molecular flexibility index (Phi) is 6.81. The summed E-state index contributed by atoms with van der Waals surface area (Å²) >= 11 is 6.22. The van der Waals surface area contributed by atoms with Gasteiger partial charge in [-0.05, 0) is 37.5 Å². The van der Waals surface area contributed by atoms with Gasteiger partial charge in [0.15, 0.2) is 11.5 Å². The lowest BCUT2D eigenvalue weighted by Gasteiger charge is -2.32. The van der Waals surface area contributed by atoms with E-state index in [9.17, 15) is 4.79 Å². The van der Waals surface area contributed by atoms with Crippen LogP contribution >= 0.6 is 11.6 Å². The molecule has 3 rings (SSSR count). The topological polar surface area (TPSA) is 50.8 Å². The van der Waals surface area contributed by atoms with Crippen molar-refractivity contribution in [3.05, 3.63) is 58.1 Å². The smallest absolute Gasteiger partial charge is 0.251 e. The van der Waals surface area contributed by atoms with E-state index in [0.29, 0.717) is 22.1 Å². The first-order chi connectivity index (χ1) is 13.5. The van der Waals surface area contributed by atoms with Crippen LogP contribution in [-0.2, 0) is 6.54 Å². The highest BCUT2D eigenvalue weighted by molar-refractivity contribution is 6.32. The quantitative estimate of drug-likeness (QED) is 0.791. The summed E-state index contributed by atoms with van der Waals surface area (Å²) in [6.45, 7) is 5.00. The van der Waals surface area contributed by atoms with Crippen molar-refractivity contribution in [2.45, 2.75) is 32.4 Å². The van der Waals surface area contributed by atoms with Gasteiger partial charge in [0.1, 0.15) is 0 Å². The Morgan fingerprint density at radius 1 is 1.18 bits per heavy atom. The Morgan fingerprint density at radius 2 is 1.93 bits per heavy atom. The zero-order valence-corrected chi connectivity index (χ0v) is 17.4. The van der Waals surface area contributed by atoms with E-state index < -0.39 is 0 Å². The van der Waals surface area contributed by atoms with E-state index in [1.165, 1.54) is 25.3 Å². The number of carbonyl (C=O) groups is 1. The van der Waals surface area contributed by atoms with E-state index in [-0.39, 0.29) is 11.9 Å². The molecule has 1 fully saturated rings. The maximum absolute atomic E-state index is 12.7. The molecule has 150 valence electrons. The fraction of sp³-hybridized carbons (Fsp3) is 0.409. The average Bonchev–Trinajstić information content (AvgIpc) is 2.68. The van der Waals surface area contributed by atoms with Gasteiger partial charge in [0.2, 0.25) is 0 Å². The molecule has 0 atom stereocenters. The summed E-state index contributed by atoms with van der Waals surface area (Å²) < 4.78 is 10.5. The first-order valence-electron chi connectivity index (χ1n) is 9.50. The number of halogens is 1. The van der Waals surface area contributed by atoms with Crippen molar-refractivity contribution in [2.75, 3.05) is 27.3 Å². The maximum Gasteiger partial charge on any atom is 0.251 e. The van der Waals surface area contributed by atoms with Crippen LogP contribution < -0.4 is 14.8 Å². The molecule has 0 spiro atoms. The number of ether oxygens (including phenoxy) is 2. The zero-order chi connectivity index (χ0) is 20.1. The second kappa shape index (κ2) is 9.30. The van der Waals surface area contributed by atoms with Crippen LogP contribution in [-0.4, -0.2) is 44.2 Å². The molecule has 1 N–H and O–H groups in total. The van der Waals surface area contributed by atoms with Crippen molar-refractivity contribution < 1.29 is 14.3 Å². The second-order valence-corrected chi connectivity index (χ2v) is 7.61. The maximum atomic E-state index is 12.7. The summed E-state index contributed by atoms with van der Waals surface area (Å²) in [6, 6.07) is 12.1. The number of amides is 1. The largest absolute Gasteiger partial charge is 0.493 e. The van der Waals surface area contributed by atoms with Crippen molar-refractivity contribution in [3.63, 3.8) is 0 Å². The van der Waals surface area contributed by atoms with Gasteiger partial charge in [0.05, 0.1) is 19.2 Å². The highest BCUT2D eigenvalue weighted by atomic mass is 35.5. The van der Waals surface area contributed by atoms with Gasteiger partial charge in [-0.15, -0.1) is 0 Å². The lowest BCUT2D eigenvalue weighted by molar-refractivity contribution is 0.0908. The monoisotopic (exact) mass is 402 g/mol. The number of likely N-dealkylation sites (tertiary alicyclic amines) is 1. The fourth-order valence-electron chi connectivity index (χ4n) is 3.62. The molecule has 1 heterocycles. The molecule has 1 saturated heterocycles. The van der Waals surface area contributed by atoms with Gasteiger partial charge < -0.3 is 14.8 Å². The van der Waals surface area contributed by atoms with Crippen molar-refractivity contribution >= 4 is 17.5 Å². The number of methoxy groups -OCH3 is 2. The van der Waals surface area contributed by atoms with Crippen molar-refractivity contribution in [3.8, 4) is 11.5 Å². The van der Waals surface area contributed by atoms with Gasteiger partial charge in [-0.1, -0.05) is 41.4 Å². The Bertz CT molecular complexity index is 833. The predicted molar refractivity (Wildman–Crippen MR) is 112 cm³/mol. The van der Waals surface area contributed by atoms with Crippen LogP contribution in [0, 0.1) is 6.92 Å². The highest BCUT2D eigenvalue weighted by Gasteiger charge is 2.22. The third-order valence-corrected chi connectivity index (χ3v) is 5.39. The molecule has 2 aromatic rings. The van der Waals surface area contributed by atoms with E-state index in [2.05, 4.69) is 41.4 Å². The number of hydrogen-bond donors (Lipinski definition) is 1. The number of nitrogens with zero attached hydrogens (tertiary/aromatic N) is 1. The van der Waals surface area contributed by atoms with Gasteiger partial charge in [-0.25, -0.2) is 0 Å². The number of carbonyl (C=O) groups excluding carboxylic acids is 1. The van der Waals surface area contributed by atoms with E-state index in [4.69, 9.17) is 21.1 Å². The molecule has 6 heteroatoms. The summed E-state index contributed by atoms with van der Waals surface area (Å²) in [5, 5.41) is 3.49. The lowest BCUT2D eigenvalue weighted by atomic mass is 10.0. The number of benzene rings is 2. The van der Waals surface area contributed by atoms with E-state index in [1.807, 2.05) is 0 Å². The summed E-state index contributed by atoms with van der Waals surface area (Å²) in [4.78, 5) is 15.1. The first kappa shape index (κ1) is 20.5. The van der Waals surface area contributed by atoms with Gasteiger partial charge in [-0.2, -0.15) is 0 Å². The molecule has 1 aliphatic rings. The minimum absolute atomic E-state index is 0.139. The molecule has 0 aliphatic carbocycles. The van der Waals surface area contributed by atoms with Gasteiger partial charge >= 0.3 is 0 Å². The summed E-state index contributed by atoms with van der Waals surface area (Å²) in [5.41, 5.74) is 3.10. The molecule has 0 aromatic heterocycles. The molecule has 1 aliphatic heterocycles. The average molecular weight is 403 g/mol. The second-order valence-electron chi connectivity index (χ2n) is 7.21. The van der Waals surface area contributed by atoms with Crippen LogP contribution in [0.15, 0.2) is 36.4 Å². The number of rotatable bonds is 6. The molecule has 1 amide bonds. The molecule has 5 nitrogen and oxygen atoms in total. The van der Waals surface area contributed by atoms with E-state index >= 15 is 0 Å². The minimum Gasteiger partial charge on any atom is -0.493 e. The molecular formula is C22H27ClN2O3. The zero-order valence-electron chi connectivity index (χ0n) is 16.6. The normalized spacial score (nSPS) is 15.3. The van der Waals surface area contributed by atoms with Crippen LogP contribution in [0.25, 0.3) is 0 Å². The third-order valence-electron chi connectivity index (χ3n) is 5.11. The van der Waals surface area contributed by atoms with Gasteiger partial charge in [0, 0.05) is 31.2 Å². The molecule has 0 bridgehead atoms. The van der Waals surface area contributed by atoms with Crippen LogP contribution in [0.5, 0.6) is 11.5 Å². The molecular weight excluding hydrogens is 376 g/mol. The number of aryl methyl sites for hydroxylation is 1. The SMILES string of the molecule is COc1cc(C(=O)NC2CCN(Cc3cccc(C)c3)CC2)cc(Cl)c1OC. The number of nitrogens with one attached hydrogen (secondary N) is 1. The first-order valence-corrected chi connectivity index (χ1v) is 9.88. The predicted octanol–water partition coefficient (Wildman–Crippen LogP) is 4.06. The van der Waals surface area contributed by atoms with Crippen LogP contribution in [0.1, 0.15) is 34.3 Å². The molecule has 0 radical (unpaired) electrons. The van der Waals surface area contributed by atoms with Crippen LogP contribution in [0.3, 0.4) is 0 Å². The Hall–Kier alpha value is -2.24. The van der Waals surface area contributed by atoms with Crippen molar-refractivity contribution in [2.24, 2.45) is 0 Å².